The van der Waals surface area contributed by atoms with E-state index >= 15 is 0 Å². The number of nitrogens with zero attached hydrogens (tertiary/aromatic N) is 2. The maximum absolute atomic E-state index is 5.65. The van der Waals surface area contributed by atoms with Crippen molar-refractivity contribution < 1.29 is 9.26 Å². The molecule has 1 N–H and O–H groups in total. The van der Waals surface area contributed by atoms with Crippen molar-refractivity contribution in [2.75, 3.05) is 6.54 Å². The van der Waals surface area contributed by atoms with Crippen LogP contribution in [0.5, 0.6) is 5.75 Å². The van der Waals surface area contributed by atoms with Gasteiger partial charge >= 0.3 is 0 Å². The van der Waals surface area contributed by atoms with Crippen molar-refractivity contribution in [3.8, 4) is 5.75 Å². The second-order valence-corrected chi connectivity index (χ2v) is 5.86. The number of para-hydroxylation sites is 1. The Morgan fingerprint density at radius 3 is 2.92 bits per heavy atom. The molecule has 0 bridgehead atoms. The fourth-order valence-corrected chi connectivity index (χ4v) is 3.02. The van der Waals surface area contributed by atoms with Gasteiger partial charge in [-0.25, -0.2) is 0 Å². The summed E-state index contributed by atoms with van der Waals surface area (Å²) < 4.78 is 11.0. The minimum absolute atomic E-state index is 0.310. The third-order valence-corrected chi connectivity index (χ3v) is 4.20. The van der Waals surface area contributed by atoms with Crippen LogP contribution in [0.2, 0.25) is 0 Å². The summed E-state index contributed by atoms with van der Waals surface area (Å²) in [6.45, 7) is 2.26. The number of fused-ring (bicyclic) bond motifs is 1. The molecule has 0 aliphatic carbocycles. The van der Waals surface area contributed by atoms with Gasteiger partial charge in [0.15, 0.2) is 6.61 Å². The molecule has 0 radical (unpaired) electrons. The maximum Gasteiger partial charge on any atom is 0.231 e. The highest BCUT2D eigenvalue weighted by molar-refractivity contribution is 5.38. The lowest BCUT2D eigenvalue weighted by atomic mass is 9.94. The summed E-state index contributed by atoms with van der Waals surface area (Å²) in [5.74, 6) is 2.00. The normalized spacial score (nSPS) is 13.5. The van der Waals surface area contributed by atoms with E-state index in [2.05, 4.69) is 33.7 Å². The van der Waals surface area contributed by atoms with Gasteiger partial charge in [0, 0.05) is 6.54 Å². The predicted octanol–water partition coefficient (Wildman–Crippen LogP) is 2.89. The van der Waals surface area contributed by atoms with Gasteiger partial charge in [0.05, 0.1) is 6.42 Å². The zero-order valence-electron chi connectivity index (χ0n) is 13.4. The quantitative estimate of drug-likeness (QED) is 0.783. The maximum atomic E-state index is 5.65. The highest BCUT2D eigenvalue weighted by Crippen LogP contribution is 2.21. The topological polar surface area (TPSA) is 60.2 Å². The van der Waals surface area contributed by atoms with Crippen molar-refractivity contribution in [3.05, 3.63) is 76.9 Å². The number of hydrogen-bond acceptors (Lipinski definition) is 5. The summed E-state index contributed by atoms with van der Waals surface area (Å²) in [6, 6.07) is 16.1. The van der Waals surface area contributed by atoms with Crippen molar-refractivity contribution in [2.45, 2.75) is 26.0 Å². The largest absolute Gasteiger partial charge is 0.485 e. The summed E-state index contributed by atoms with van der Waals surface area (Å²) in [5.41, 5.74) is 4.05. The van der Waals surface area contributed by atoms with Gasteiger partial charge in [0.25, 0.3) is 0 Å². The van der Waals surface area contributed by atoms with Gasteiger partial charge in [-0.15, -0.1) is 0 Å². The van der Waals surface area contributed by atoms with E-state index in [0.717, 1.165) is 25.3 Å². The van der Waals surface area contributed by atoms with Gasteiger partial charge in [-0.1, -0.05) is 41.6 Å². The molecule has 5 nitrogen and oxygen atoms in total. The van der Waals surface area contributed by atoms with Gasteiger partial charge in [0.1, 0.15) is 5.75 Å². The molecule has 4 rings (SSSR count). The van der Waals surface area contributed by atoms with Crippen molar-refractivity contribution in [3.63, 3.8) is 0 Å². The number of hydrogen-bond donors (Lipinski definition) is 1. The van der Waals surface area contributed by atoms with Crippen LogP contribution in [-0.4, -0.2) is 16.7 Å². The number of nitrogens with one attached hydrogen (secondary N) is 1. The Bertz CT molecular complexity index is 814. The van der Waals surface area contributed by atoms with Crippen LogP contribution in [0, 0.1) is 0 Å². The van der Waals surface area contributed by atoms with Gasteiger partial charge < -0.3 is 14.6 Å². The van der Waals surface area contributed by atoms with Crippen molar-refractivity contribution in [1.29, 1.82) is 0 Å². The molecule has 1 aromatic heterocycles. The van der Waals surface area contributed by atoms with Gasteiger partial charge in [-0.05, 0) is 41.8 Å². The van der Waals surface area contributed by atoms with Crippen LogP contribution >= 0.6 is 0 Å². The van der Waals surface area contributed by atoms with E-state index in [1.165, 1.54) is 16.7 Å². The lowest BCUT2D eigenvalue weighted by molar-refractivity contribution is 0.285. The summed E-state index contributed by atoms with van der Waals surface area (Å²) in [6.07, 6.45) is 1.71. The van der Waals surface area contributed by atoms with Crippen LogP contribution in [0.15, 0.2) is 53.1 Å². The first-order valence-electron chi connectivity index (χ1n) is 8.18. The highest BCUT2D eigenvalue weighted by atomic mass is 16.5. The lowest BCUT2D eigenvalue weighted by Gasteiger charge is -2.19. The van der Waals surface area contributed by atoms with Gasteiger partial charge in [-0.2, -0.15) is 4.98 Å². The molecular weight excluding hydrogens is 302 g/mol. The van der Waals surface area contributed by atoms with Crippen molar-refractivity contribution in [1.82, 2.24) is 15.5 Å². The van der Waals surface area contributed by atoms with E-state index in [1.807, 2.05) is 30.3 Å². The Labute approximate surface area is 140 Å². The molecule has 122 valence electrons. The number of aromatic nitrogens is 2. The fourth-order valence-electron chi connectivity index (χ4n) is 3.02. The minimum atomic E-state index is 0.310. The molecule has 0 atom stereocenters. The van der Waals surface area contributed by atoms with Crippen molar-refractivity contribution in [2.24, 2.45) is 0 Å². The molecule has 2 aromatic carbocycles. The Hall–Kier alpha value is -2.66. The average molecular weight is 321 g/mol. The number of rotatable bonds is 5. The summed E-state index contributed by atoms with van der Waals surface area (Å²) in [5, 5.41) is 7.42. The molecule has 24 heavy (non-hydrogen) atoms. The Morgan fingerprint density at radius 1 is 1.08 bits per heavy atom. The average Bonchev–Trinajstić information content (AvgIpc) is 3.09. The third kappa shape index (κ3) is 3.31. The van der Waals surface area contributed by atoms with Crippen LogP contribution < -0.4 is 10.1 Å². The molecule has 0 fully saturated rings. The molecule has 5 heteroatoms. The summed E-state index contributed by atoms with van der Waals surface area (Å²) in [4.78, 5) is 4.45. The van der Waals surface area contributed by atoms with E-state index in [9.17, 15) is 0 Å². The predicted molar refractivity (Wildman–Crippen MR) is 89.7 cm³/mol. The standard InChI is InChI=1S/C19H19N3O2/c1-2-7-16(8-3-1)23-13-18-21-19(24-22-18)11-14-5-4-6-15-12-20-10-9-17(14)15/h1-8,20H,9-13H2. The van der Waals surface area contributed by atoms with E-state index in [-0.39, 0.29) is 0 Å². The first-order valence-corrected chi connectivity index (χ1v) is 8.18. The monoisotopic (exact) mass is 321 g/mol. The Morgan fingerprint density at radius 2 is 2.00 bits per heavy atom. The van der Waals surface area contributed by atoms with Crippen LogP contribution in [-0.2, 0) is 26.0 Å². The van der Waals surface area contributed by atoms with Crippen LogP contribution in [0.1, 0.15) is 28.4 Å². The van der Waals surface area contributed by atoms with Crippen LogP contribution in [0.3, 0.4) is 0 Å². The molecule has 0 amide bonds. The zero-order chi connectivity index (χ0) is 16.2. The smallest absolute Gasteiger partial charge is 0.231 e. The van der Waals surface area contributed by atoms with Crippen molar-refractivity contribution >= 4 is 0 Å². The van der Waals surface area contributed by atoms with E-state index in [4.69, 9.17) is 9.26 Å². The SMILES string of the molecule is c1ccc(OCc2noc(Cc3cccc4c3CCNC4)n2)cc1. The Balaban J connectivity index is 1.44. The lowest BCUT2D eigenvalue weighted by Crippen LogP contribution is -2.24. The summed E-state index contributed by atoms with van der Waals surface area (Å²) >= 11 is 0. The molecule has 0 saturated carbocycles. The third-order valence-electron chi connectivity index (χ3n) is 4.20. The molecule has 1 aliphatic heterocycles. The number of benzene rings is 2. The van der Waals surface area contributed by atoms with Crippen LogP contribution in [0.4, 0.5) is 0 Å². The van der Waals surface area contributed by atoms with E-state index < -0.39 is 0 Å². The highest BCUT2D eigenvalue weighted by Gasteiger charge is 2.15. The molecule has 2 heterocycles. The second kappa shape index (κ2) is 6.84. The van der Waals surface area contributed by atoms with E-state index in [1.54, 1.807) is 0 Å². The molecule has 0 spiro atoms. The first kappa shape index (κ1) is 14.9. The molecule has 0 unspecified atom stereocenters. The fraction of sp³-hybridized carbons (Fsp3) is 0.263. The molecule has 0 saturated heterocycles. The minimum Gasteiger partial charge on any atom is -0.485 e. The summed E-state index contributed by atoms with van der Waals surface area (Å²) in [7, 11) is 0. The van der Waals surface area contributed by atoms with Gasteiger partial charge in [-0.3, -0.25) is 0 Å². The van der Waals surface area contributed by atoms with Gasteiger partial charge in [0.2, 0.25) is 11.7 Å². The van der Waals surface area contributed by atoms with E-state index in [0.29, 0.717) is 24.7 Å². The molecular formula is C19H19N3O2. The zero-order valence-corrected chi connectivity index (χ0v) is 13.4. The Kier molecular flexibility index (Phi) is 4.25. The molecule has 3 aromatic rings. The number of ether oxygens (including phenoxy) is 1. The second-order valence-electron chi connectivity index (χ2n) is 5.86. The first-order chi connectivity index (χ1) is 11.9. The molecule has 1 aliphatic rings. The van der Waals surface area contributed by atoms with Crippen LogP contribution in [0.25, 0.3) is 0 Å².